The Hall–Kier alpha value is -0.700. The van der Waals surface area contributed by atoms with E-state index >= 15 is 0 Å². The van der Waals surface area contributed by atoms with Crippen LogP contribution in [0.15, 0.2) is 21.5 Å². The second-order valence-corrected chi connectivity index (χ2v) is 6.87. The maximum Gasteiger partial charge on any atom is 0.245 e. The average Bonchev–Trinajstić information content (AvgIpc) is 2.70. The van der Waals surface area contributed by atoms with Crippen molar-refractivity contribution in [2.45, 2.75) is 17.4 Å². The molecule has 1 aromatic rings. The van der Waals surface area contributed by atoms with E-state index in [1.165, 1.54) is 0 Å². The van der Waals surface area contributed by atoms with Gasteiger partial charge in [-0.05, 0) is 34.5 Å². The molecule has 1 aromatic carbocycles. The van der Waals surface area contributed by atoms with Crippen molar-refractivity contribution in [1.82, 2.24) is 4.31 Å². The number of aliphatic hydroxyl groups excluding tert-OH is 1. The van der Waals surface area contributed by atoms with Gasteiger partial charge in [0.25, 0.3) is 0 Å². The Balaban J connectivity index is 2.45. The largest absolute Gasteiger partial charge is 0.398 e. The van der Waals surface area contributed by atoms with E-state index in [9.17, 15) is 17.9 Å². The molecule has 0 radical (unpaired) electrons. The molecule has 2 rings (SSSR count). The summed E-state index contributed by atoms with van der Waals surface area (Å²) in [5.74, 6) is -0.618. The summed E-state index contributed by atoms with van der Waals surface area (Å²) >= 11 is 2.93. The summed E-state index contributed by atoms with van der Waals surface area (Å²) in [6.07, 6.45) is -0.272. The van der Waals surface area contributed by atoms with Crippen LogP contribution in [0.3, 0.4) is 0 Å². The minimum absolute atomic E-state index is 0.0371. The molecule has 0 aromatic heterocycles. The fourth-order valence-electron chi connectivity index (χ4n) is 1.84. The fourth-order valence-corrected chi connectivity index (χ4v) is 3.95. The standard InChI is InChI=1S/C10H12BrFN2O3S/c11-7-3-10(9(13)4-8(7)12)18(16,17)14-2-1-6(15)5-14/h3-4,6,15H,1-2,5,13H2/t6-/m1/s1. The van der Waals surface area contributed by atoms with Gasteiger partial charge in [0, 0.05) is 13.1 Å². The zero-order chi connectivity index (χ0) is 13.5. The summed E-state index contributed by atoms with van der Waals surface area (Å²) in [5.41, 5.74) is 5.41. The Morgan fingerprint density at radius 1 is 1.50 bits per heavy atom. The van der Waals surface area contributed by atoms with E-state index in [2.05, 4.69) is 15.9 Å². The maximum absolute atomic E-state index is 13.2. The van der Waals surface area contributed by atoms with Gasteiger partial charge in [0.1, 0.15) is 10.7 Å². The van der Waals surface area contributed by atoms with Gasteiger partial charge in [0.15, 0.2) is 0 Å². The first-order valence-electron chi connectivity index (χ1n) is 5.25. The van der Waals surface area contributed by atoms with E-state index in [1.807, 2.05) is 0 Å². The molecular weight excluding hydrogens is 327 g/mol. The first kappa shape index (κ1) is 13.7. The Morgan fingerprint density at radius 3 is 2.72 bits per heavy atom. The van der Waals surface area contributed by atoms with Crippen molar-refractivity contribution in [1.29, 1.82) is 0 Å². The van der Waals surface area contributed by atoms with Crippen LogP contribution >= 0.6 is 15.9 Å². The molecule has 0 spiro atoms. The zero-order valence-corrected chi connectivity index (χ0v) is 11.7. The molecule has 8 heteroatoms. The molecule has 0 amide bonds. The van der Waals surface area contributed by atoms with Crippen LogP contribution < -0.4 is 5.73 Å². The number of nitrogen functional groups attached to an aromatic ring is 1. The van der Waals surface area contributed by atoms with Crippen molar-refractivity contribution in [3.05, 3.63) is 22.4 Å². The first-order valence-corrected chi connectivity index (χ1v) is 7.48. The number of β-amino-alcohol motifs (C(OH)–C–C–N with tert-alkyl or cyclic N) is 1. The Bertz CT molecular complexity index is 579. The summed E-state index contributed by atoms with van der Waals surface area (Å²) in [4.78, 5) is -0.148. The van der Waals surface area contributed by atoms with Crippen LogP contribution in [-0.4, -0.2) is 37.0 Å². The van der Waals surface area contributed by atoms with Gasteiger partial charge >= 0.3 is 0 Å². The smallest absolute Gasteiger partial charge is 0.245 e. The highest BCUT2D eigenvalue weighted by Gasteiger charge is 2.33. The lowest BCUT2D eigenvalue weighted by atomic mass is 10.3. The third kappa shape index (κ3) is 2.37. The first-order chi connectivity index (χ1) is 8.32. The van der Waals surface area contributed by atoms with Crippen LogP contribution in [0.2, 0.25) is 0 Å². The van der Waals surface area contributed by atoms with E-state index in [-0.39, 0.29) is 28.1 Å². The summed E-state index contributed by atoms with van der Waals surface area (Å²) in [7, 11) is -3.79. The van der Waals surface area contributed by atoms with Crippen LogP contribution in [0.5, 0.6) is 0 Å². The lowest BCUT2D eigenvalue weighted by Crippen LogP contribution is -2.30. The highest BCUT2D eigenvalue weighted by molar-refractivity contribution is 9.10. The number of rotatable bonds is 2. The van der Waals surface area contributed by atoms with E-state index in [1.54, 1.807) is 0 Å². The van der Waals surface area contributed by atoms with Crippen LogP contribution in [0.25, 0.3) is 0 Å². The number of hydrogen-bond acceptors (Lipinski definition) is 4. The van der Waals surface area contributed by atoms with Gasteiger partial charge in [-0.1, -0.05) is 0 Å². The molecule has 100 valence electrons. The number of sulfonamides is 1. The normalized spacial score (nSPS) is 21.4. The van der Waals surface area contributed by atoms with Crippen LogP contribution in [-0.2, 0) is 10.0 Å². The van der Waals surface area contributed by atoms with Gasteiger partial charge in [-0.15, -0.1) is 0 Å². The SMILES string of the molecule is Nc1cc(F)c(Br)cc1S(=O)(=O)N1CC[C@@H](O)C1. The highest BCUT2D eigenvalue weighted by Crippen LogP contribution is 2.30. The van der Waals surface area contributed by atoms with E-state index in [0.717, 1.165) is 16.4 Å². The molecule has 5 nitrogen and oxygen atoms in total. The minimum atomic E-state index is -3.79. The number of hydrogen-bond donors (Lipinski definition) is 2. The average molecular weight is 339 g/mol. The number of anilines is 1. The molecule has 1 fully saturated rings. The second kappa shape index (κ2) is 4.76. The van der Waals surface area contributed by atoms with Gasteiger partial charge in [0.05, 0.1) is 16.3 Å². The molecule has 3 N–H and O–H groups in total. The molecule has 1 saturated heterocycles. The van der Waals surface area contributed by atoms with Gasteiger partial charge in [-0.25, -0.2) is 12.8 Å². The predicted octanol–water partition coefficient (Wildman–Crippen LogP) is 0.926. The van der Waals surface area contributed by atoms with E-state index < -0.39 is 21.9 Å². The third-order valence-corrected chi connectivity index (χ3v) is 5.33. The van der Waals surface area contributed by atoms with Gasteiger partial charge in [-0.3, -0.25) is 0 Å². The van der Waals surface area contributed by atoms with Crippen LogP contribution in [0.4, 0.5) is 10.1 Å². The minimum Gasteiger partial charge on any atom is -0.398 e. The molecule has 1 aliphatic heterocycles. The fraction of sp³-hybridized carbons (Fsp3) is 0.400. The topological polar surface area (TPSA) is 83.6 Å². The van der Waals surface area contributed by atoms with Gasteiger partial charge in [-0.2, -0.15) is 4.31 Å². The number of aliphatic hydroxyl groups is 1. The highest BCUT2D eigenvalue weighted by atomic mass is 79.9. The van der Waals surface area contributed by atoms with Gasteiger partial charge in [0.2, 0.25) is 10.0 Å². The summed E-state index contributed by atoms with van der Waals surface area (Å²) in [5, 5.41) is 9.37. The molecule has 0 bridgehead atoms. The number of nitrogens with zero attached hydrogens (tertiary/aromatic N) is 1. The van der Waals surface area contributed by atoms with Crippen molar-refractivity contribution in [3.8, 4) is 0 Å². The predicted molar refractivity (Wildman–Crippen MR) is 67.9 cm³/mol. The molecule has 1 heterocycles. The maximum atomic E-state index is 13.2. The van der Waals surface area contributed by atoms with E-state index in [0.29, 0.717) is 6.42 Å². The molecule has 0 saturated carbocycles. The molecule has 1 atom stereocenters. The lowest BCUT2D eigenvalue weighted by Gasteiger charge is -2.17. The lowest BCUT2D eigenvalue weighted by molar-refractivity contribution is 0.189. The third-order valence-electron chi connectivity index (χ3n) is 2.80. The van der Waals surface area contributed by atoms with Crippen LogP contribution in [0.1, 0.15) is 6.42 Å². The number of nitrogens with two attached hydrogens (primary N) is 1. The molecule has 1 aliphatic rings. The molecule has 18 heavy (non-hydrogen) atoms. The van der Waals surface area contributed by atoms with Crippen molar-refractivity contribution in [3.63, 3.8) is 0 Å². The molecule has 0 aliphatic carbocycles. The van der Waals surface area contributed by atoms with Crippen molar-refractivity contribution >= 4 is 31.6 Å². The zero-order valence-electron chi connectivity index (χ0n) is 9.31. The van der Waals surface area contributed by atoms with Crippen molar-refractivity contribution in [2.75, 3.05) is 18.8 Å². The number of benzene rings is 1. The Labute approximate surface area is 113 Å². The van der Waals surface area contributed by atoms with Crippen LogP contribution in [0, 0.1) is 5.82 Å². The van der Waals surface area contributed by atoms with E-state index in [4.69, 9.17) is 5.73 Å². The molecule has 0 unspecified atom stereocenters. The van der Waals surface area contributed by atoms with Crippen molar-refractivity contribution < 1.29 is 17.9 Å². The summed E-state index contributed by atoms with van der Waals surface area (Å²) < 4.78 is 38.9. The monoisotopic (exact) mass is 338 g/mol. The second-order valence-electron chi connectivity index (χ2n) is 4.11. The number of halogens is 2. The summed E-state index contributed by atoms with van der Waals surface area (Å²) in [6.45, 7) is 0.273. The Kier molecular flexibility index (Phi) is 3.63. The quantitative estimate of drug-likeness (QED) is 0.785. The molecular formula is C10H12BrFN2O3S. The Morgan fingerprint density at radius 2 is 2.17 bits per heavy atom. The summed E-state index contributed by atoms with van der Waals surface area (Å²) in [6, 6.07) is 2.11. The van der Waals surface area contributed by atoms with Gasteiger partial charge < -0.3 is 10.8 Å². The van der Waals surface area contributed by atoms with Crippen molar-refractivity contribution in [2.24, 2.45) is 0 Å².